The van der Waals surface area contributed by atoms with Crippen molar-refractivity contribution in [1.82, 2.24) is 5.32 Å². The smallest absolute Gasteiger partial charge is 0.335 e. The summed E-state index contributed by atoms with van der Waals surface area (Å²) in [6.07, 6.45) is 1.67. The van der Waals surface area contributed by atoms with Gasteiger partial charge < -0.3 is 10.4 Å². The van der Waals surface area contributed by atoms with Crippen molar-refractivity contribution in [1.29, 1.82) is 0 Å². The number of nitrogens with one attached hydrogen (secondary N) is 1. The van der Waals surface area contributed by atoms with E-state index in [1.807, 2.05) is 0 Å². The maximum absolute atomic E-state index is 10.8. The molecule has 0 aliphatic heterocycles. The summed E-state index contributed by atoms with van der Waals surface area (Å²) in [6, 6.07) is 6.72. The minimum atomic E-state index is -0.916. The molecule has 1 rings (SSSR count). The molecule has 16 heavy (non-hydrogen) atoms. The molecule has 0 fully saturated rings. The highest BCUT2D eigenvalue weighted by atomic mass is 32.2. The van der Waals surface area contributed by atoms with Gasteiger partial charge in [-0.05, 0) is 17.7 Å². The molecule has 1 aromatic rings. The van der Waals surface area contributed by atoms with Crippen molar-refractivity contribution in [2.45, 2.75) is 6.54 Å². The second kappa shape index (κ2) is 6.40. The minimum Gasteiger partial charge on any atom is -0.478 e. The fraction of sp³-hybridized carbons (Fsp3) is 0.364. The molecule has 0 amide bonds. The molecule has 0 saturated heterocycles. The van der Waals surface area contributed by atoms with Crippen LogP contribution in [0.25, 0.3) is 0 Å². The summed E-state index contributed by atoms with van der Waals surface area (Å²) in [5, 5.41) is 11.8. The Balaban J connectivity index is 2.38. The first-order valence-corrected chi connectivity index (χ1v) is 6.65. The summed E-state index contributed by atoms with van der Waals surface area (Å²) in [6.45, 7) is 1.36. The third-order valence-corrected chi connectivity index (χ3v) is 2.88. The van der Waals surface area contributed by atoms with E-state index in [9.17, 15) is 9.00 Å². The molecule has 0 spiro atoms. The first-order chi connectivity index (χ1) is 7.59. The predicted octanol–water partition coefficient (Wildman–Crippen LogP) is 0.853. The molecule has 4 nitrogen and oxygen atoms in total. The first kappa shape index (κ1) is 12.9. The van der Waals surface area contributed by atoms with Gasteiger partial charge in [0.25, 0.3) is 0 Å². The molecule has 0 heterocycles. The highest BCUT2D eigenvalue weighted by Gasteiger charge is 2.01. The summed E-state index contributed by atoms with van der Waals surface area (Å²) < 4.78 is 10.8. The topological polar surface area (TPSA) is 66.4 Å². The lowest BCUT2D eigenvalue weighted by atomic mass is 10.1. The van der Waals surface area contributed by atoms with Gasteiger partial charge in [-0.2, -0.15) is 0 Å². The lowest BCUT2D eigenvalue weighted by molar-refractivity contribution is 0.0697. The van der Waals surface area contributed by atoms with E-state index in [0.717, 1.165) is 5.56 Å². The van der Waals surface area contributed by atoms with Gasteiger partial charge in [0.1, 0.15) is 0 Å². The van der Waals surface area contributed by atoms with Gasteiger partial charge >= 0.3 is 5.97 Å². The second-order valence-electron chi connectivity index (χ2n) is 3.46. The number of rotatable bonds is 6. The SMILES string of the molecule is CS(=O)CCNCc1ccc(C(=O)O)cc1. The van der Waals surface area contributed by atoms with Crippen molar-refractivity contribution in [2.75, 3.05) is 18.6 Å². The Hall–Kier alpha value is -1.20. The van der Waals surface area contributed by atoms with Gasteiger partial charge in [-0.15, -0.1) is 0 Å². The summed E-state index contributed by atoms with van der Waals surface area (Å²) in [5.41, 5.74) is 1.31. The van der Waals surface area contributed by atoms with Crippen LogP contribution in [0.5, 0.6) is 0 Å². The minimum absolute atomic E-state index is 0.290. The summed E-state index contributed by atoms with van der Waals surface area (Å²) in [4.78, 5) is 10.6. The van der Waals surface area contributed by atoms with Gasteiger partial charge in [-0.1, -0.05) is 12.1 Å². The number of carboxylic acid groups (broad SMARTS) is 1. The Labute approximate surface area is 97.1 Å². The van der Waals surface area contributed by atoms with Crippen LogP contribution in [-0.2, 0) is 17.3 Å². The summed E-state index contributed by atoms with van der Waals surface area (Å²) >= 11 is 0. The van der Waals surface area contributed by atoms with E-state index >= 15 is 0 Å². The van der Waals surface area contributed by atoms with Gasteiger partial charge in [0.2, 0.25) is 0 Å². The van der Waals surface area contributed by atoms with E-state index in [1.54, 1.807) is 30.5 Å². The van der Waals surface area contributed by atoms with Crippen LogP contribution in [0, 0.1) is 0 Å². The number of aromatic carboxylic acids is 1. The number of benzene rings is 1. The van der Waals surface area contributed by atoms with Crippen molar-refractivity contribution in [3.8, 4) is 0 Å². The molecule has 0 radical (unpaired) electrons. The lowest BCUT2D eigenvalue weighted by Gasteiger charge is -2.04. The van der Waals surface area contributed by atoms with Crippen molar-refractivity contribution < 1.29 is 14.1 Å². The summed E-state index contributed by atoms with van der Waals surface area (Å²) in [5.74, 6) is -0.284. The van der Waals surface area contributed by atoms with Crippen molar-refractivity contribution in [3.63, 3.8) is 0 Å². The van der Waals surface area contributed by atoms with Gasteiger partial charge in [0.05, 0.1) is 5.56 Å². The van der Waals surface area contributed by atoms with Crippen molar-refractivity contribution in [2.24, 2.45) is 0 Å². The maximum Gasteiger partial charge on any atom is 0.335 e. The van der Waals surface area contributed by atoms with Crippen LogP contribution in [0.15, 0.2) is 24.3 Å². The van der Waals surface area contributed by atoms with Gasteiger partial charge in [-0.25, -0.2) is 4.79 Å². The maximum atomic E-state index is 10.8. The lowest BCUT2D eigenvalue weighted by Crippen LogP contribution is -2.19. The van der Waals surface area contributed by atoms with E-state index in [1.165, 1.54) is 0 Å². The Morgan fingerprint density at radius 1 is 1.38 bits per heavy atom. The predicted molar refractivity (Wildman–Crippen MR) is 64.0 cm³/mol. The van der Waals surface area contributed by atoms with Crippen LogP contribution >= 0.6 is 0 Å². The Bertz CT molecular complexity index is 375. The fourth-order valence-electron chi connectivity index (χ4n) is 1.21. The molecule has 88 valence electrons. The highest BCUT2D eigenvalue weighted by molar-refractivity contribution is 7.84. The zero-order valence-corrected chi connectivity index (χ0v) is 9.92. The van der Waals surface area contributed by atoms with Gasteiger partial charge in [0.15, 0.2) is 0 Å². The highest BCUT2D eigenvalue weighted by Crippen LogP contribution is 2.03. The number of hydrogen-bond donors (Lipinski definition) is 2. The molecule has 2 N–H and O–H groups in total. The van der Waals surface area contributed by atoms with E-state index in [4.69, 9.17) is 5.11 Å². The van der Waals surface area contributed by atoms with Crippen LogP contribution in [-0.4, -0.2) is 33.8 Å². The first-order valence-electron chi connectivity index (χ1n) is 4.92. The molecule has 0 aromatic heterocycles. The Morgan fingerprint density at radius 2 is 2.00 bits per heavy atom. The molecule has 1 unspecified atom stereocenters. The average molecular weight is 241 g/mol. The van der Waals surface area contributed by atoms with Crippen LogP contribution in [0.4, 0.5) is 0 Å². The zero-order chi connectivity index (χ0) is 12.0. The standard InChI is InChI=1S/C11H15NO3S/c1-16(15)7-6-12-8-9-2-4-10(5-3-9)11(13)14/h2-5,12H,6-8H2,1H3,(H,13,14). The number of hydrogen-bond acceptors (Lipinski definition) is 3. The van der Waals surface area contributed by atoms with Crippen molar-refractivity contribution in [3.05, 3.63) is 35.4 Å². The third-order valence-electron chi connectivity index (χ3n) is 2.10. The van der Waals surface area contributed by atoms with Crippen LogP contribution in [0.2, 0.25) is 0 Å². The molecule has 1 aromatic carbocycles. The van der Waals surface area contributed by atoms with Crippen LogP contribution in [0.1, 0.15) is 15.9 Å². The molecule has 0 saturated carbocycles. The second-order valence-corrected chi connectivity index (χ2v) is 5.01. The fourth-order valence-corrected chi connectivity index (χ4v) is 1.65. The van der Waals surface area contributed by atoms with E-state index < -0.39 is 16.8 Å². The number of carbonyl (C=O) groups is 1. The average Bonchev–Trinajstić information content (AvgIpc) is 2.25. The molecule has 1 atom stereocenters. The molecule has 0 aliphatic carbocycles. The molecule has 0 aliphatic rings. The number of carboxylic acids is 1. The monoisotopic (exact) mass is 241 g/mol. The molecule has 5 heteroatoms. The van der Waals surface area contributed by atoms with Crippen LogP contribution in [0.3, 0.4) is 0 Å². The molecular weight excluding hydrogens is 226 g/mol. The van der Waals surface area contributed by atoms with Gasteiger partial charge in [0, 0.05) is 35.9 Å². The quantitative estimate of drug-likeness (QED) is 0.725. The molecule has 0 bridgehead atoms. The summed E-state index contributed by atoms with van der Waals surface area (Å²) in [7, 11) is -0.774. The zero-order valence-electron chi connectivity index (χ0n) is 9.10. The van der Waals surface area contributed by atoms with Gasteiger partial charge in [-0.3, -0.25) is 4.21 Å². The van der Waals surface area contributed by atoms with E-state index in [-0.39, 0.29) is 0 Å². The normalized spacial score (nSPS) is 12.3. The van der Waals surface area contributed by atoms with Crippen molar-refractivity contribution >= 4 is 16.8 Å². The Morgan fingerprint density at radius 3 is 2.50 bits per heavy atom. The van der Waals surface area contributed by atoms with Crippen LogP contribution < -0.4 is 5.32 Å². The Kier molecular flexibility index (Phi) is 5.14. The van der Waals surface area contributed by atoms with E-state index in [2.05, 4.69) is 5.32 Å². The van der Waals surface area contributed by atoms with E-state index in [0.29, 0.717) is 24.4 Å². The third kappa shape index (κ3) is 4.55. The largest absolute Gasteiger partial charge is 0.478 e. The molecular formula is C11H15NO3S.